The number of rotatable bonds is 3. The van der Waals surface area contributed by atoms with Crippen molar-refractivity contribution in [1.29, 1.82) is 0 Å². The van der Waals surface area contributed by atoms with Crippen molar-refractivity contribution in [2.75, 3.05) is 34.4 Å². The molecule has 0 amide bonds. The molecule has 0 aromatic heterocycles. The first-order valence-corrected chi connectivity index (χ1v) is 5.18. The molecule has 0 bridgehead atoms. The molecular weight excluding hydrogens is 196 g/mol. The maximum Gasteiger partial charge on any atom is 0.307 e. The molecule has 1 heterocycles. The van der Waals surface area contributed by atoms with Crippen LogP contribution in [0.5, 0.6) is 0 Å². The smallest absolute Gasteiger partial charge is 0.307 e. The average Bonchev–Trinajstić information content (AvgIpc) is 2.20. The lowest BCUT2D eigenvalue weighted by Gasteiger charge is -2.42. The van der Waals surface area contributed by atoms with Gasteiger partial charge in [0.05, 0.1) is 32.3 Å². The quantitative estimate of drug-likeness (QED) is 0.627. The minimum atomic E-state index is -0.191. The summed E-state index contributed by atoms with van der Waals surface area (Å²) < 4.78 is 10.2. The summed E-state index contributed by atoms with van der Waals surface area (Å²) in [5.41, 5.74) is 0. The number of carbonyl (C=O) groups is 1. The van der Waals surface area contributed by atoms with Crippen LogP contribution < -0.4 is 0 Å². The number of hydrogen-bond acceptors (Lipinski definition) is 5. The summed E-state index contributed by atoms with van der Waals surface area (Å²) in [6.07, 6.45) is 0.427. The molecule has 5 nitrogen and oxygen atoms in total. The summed E-state index contributed by atoms with van der Waals surface area (Å²) in [4.78, 5) is 11.3. The zero-order valence-electron chi connectivity index (χ0n) is 9.90. The van der Waals surface area contributed by atoms with E-state index >= 15 is 0 Å². The lowest BCUT2D eigenvalue weighted by Crippen LogP contribution is -2.56. The number of hydrazine groups is 1. The highest BCUT2D eigenvalue weighted by molar-refractivity contribution is 5.70. The van der Waals surface area contributed by atoms with Crippen LogP contribution >= 0.6 is 0 Å². The Balaban J connectivity index is 2.64. The molecule has 0 spiro atoms. The number of ether oxygens (including phenoxy) is 2. The van der Waals surface area contributed by atoms with E-state index in [2.05, 4.69) is 9.75 Å². The number of methoxy groups -OCH3 is 1. The molecule has 0 aromatic carbocycles. The van der Waals surface area contributed by atoms with E-state index in [1.807, 2.05) is 26.0 Å². The SMILES string of the molecule is COC(=O)CC1C(C)OCCN1N(C)C. The number of carbonyl (C=O) groups excluding carboxylic acids is 1. The molecule has 0 aromatic rings. The molecular formula is C10H20N2O3. The molecule has 1 fully saturated rings. The highest BCUT2D eigenvalue weighted by Crippen LogP contribution is 2.18. The largest absolute Gasteiger partial charge is 0.469 e. The zero-order valence-corrected chi connectivity index (χ0v) is 9.90. The Morgan fingerprint density at radius 3 is 2.80 bits per heavy atom. The molecule has 1 aliphatic rings. The van der Waals surface area contributed by atoms with Crippen LogP contribution in [0.3, 0.4) is 0 Å². The average molecular weight is 216 g/mol. The maximum atomic E-state index is 11.3. The van der Waals surface area contributed by atoms with Crippen molar-refractivity contribution in [1.82, 2.24) is 10.0 Å². The summed E-state index contributed by atoms with van der Waals surface area (Å²) >= 11 is 0. The van der Waals surface area contributed by atoms with Gasteiger partial charge in [-0.1, -0.05) is 0 Å². The van der Waals surface area contributed by atoms with Crippen molar-refractivity contribution in [3.8, 4) is 0 Å². The maximum absolute atomic E-state index is 11.3. The minimum Gasteiger partial charge on any atom is -0.469 e. The van der Waals surface area contributed by atoms with Gasteiger partial charge < -0.3 is 9.47 Å². The third-order valence-electron chi connectivity index (χ3n) is 2.74. The molecule has 1 aliphatic heterocycles. The molecule has 1 rings (SSSR count). The Bertz CT molecular complexity index is 221. The van der Waals surface area contributed by atoms with Crippen molar-refractivity contribution in [3.05, 3.63) is 0 Å². The number of esters is 1. The first kappa shape index (κ1) is 12.4. The first-order valence-electron chi connectivity index (χ1n) is 5.18. The second-order valence-electron chi connectivity index (χ2n) is 3.93. The van der Waals surface area contributed by atoms with Crippen LogP contribution in [0.25, 0.3) is 0 Å². The van der Waals surface area contributed by atoms with E-state index < -0.39 is 0 Å². The molecule has 0 radical (unpaired) electrons. The van der Waals surface area contributed by atoms with Crippen molar-refractivity contribution in [2.24, 2.45) is 0 Å². The molecule has 5 heteroatoms. The van der Waals surface area contributed by atoms with Gasteiger partial charge in [0.2, 0.25) is 0 Å². The first-order chi connectivity index (χ1) is 7.06. The van der Waals surface area contributed by atoms with E-state index in [-0.39, 0.29) is 18.1 Å². The second kappa shape index (κ2) is 5.44. The van der Waals surface area contributed by atoms with Gasteiger partial charge in [0.1, 0.15) is 0 Å². The molecule has 15 heavy (non-hydrogen) atoms. The van der Waals surface area contributed by atoms with E-state index in [1.54, 1.807) is 0 Å². The van der Waals surface area contributed by atoms with Gasteiger partial charge in [-0.3, -0.25) is 4.79 Å². The fraction of sp³-hybridized carbons (Fsp3) is 0.900. The second-order valence-corrected chi connectivity index (χ2v) is 3.93. The van der Waals surface area contributed by atoms with Crippen molar-refractivity contribution in [3.63, 3.8) is 0 Å². The van der Waals surface area contributed by atoms with Crippen LogP contribution in [0, 0.1) is 0 Å². The summed E-state index contributed by atoms with van der Waals surface area (Å²) in [6.45, 7) is 3.51. The van der Waals surface area contributed by atoms with Crippen LogP contribution in [-0.4, -0.2) is 62.5 Å². The minimum absolute atomic E-state index is 0.0558. The number of nitrogens with zero attached hydrogens (tertiary/aromatic N) is 2. The van der Waals surface area contributed by atoms with Crippen LogP contribution in [0.2, 0.25) is 0 Å². The number of hydrogen-bond donors (Lipinski definition) is 0. The van der Waals surface area contributed by atoms with Gasteiger partial charge in [0, 0.05) is 20.6 Å². The van der Waals surface area contributed by atoms with Gasteiger partial charge >= 0.3 is 5.97 Å². The highest BCUT2D eigenvalue weighted by Gasteiger charge is 2.32. The lowest BCUT2D eigenvalue weighted by molar-refractivity contribution is -0.160. The third kappa shape index (κ3) is 3.15. The number of morpholine rings is 1. The molecule has 0 aliphatic carbocycles. The summed E-state index contributed by atoms with van der Waals surface area (Å²) in [6, 6.07) is 0.0706. The van der Waals surface area contributed by atoms with Gasteiger partial charge in [0.25, 0.3) is 0 Å². The van der Waals surface area contributed by atoms with Crippen molar-refractivity contribution >= 4 is 5.97 Å². The summed E-state index contributed by atoms with van der Waals surface area (Å²) in [5, 5.41) is 4.15. The van der Waals surface area contributed by atoms with Gasteiger partial charge in [-0.05, 0) is 6.92 Å². The lowest BCUT2D eigenvalue weighted by atomic mass is 10.1. The Kier molecular flexibility index (Phi) is 4.50. The molecule has 2 unspecified atom stereocenters. The normalized spacial score (nSPS) is 28.1. The topological polar surface area (TPSA) is 42.0 Å². The molecule has 0 N–H and O–H groups in total. The summed E-state index contributed by atoms with van der Waals surface area (Å²) in [7, 11) is 5.36. The molecule has 88 valence electrons. The van der Waals surface area contributed by atoms with E-state index in [9.17, 15) is 4.79 Å². The Labute approximate surface area is 90.9 Å². The molecule has 0 saturated carbocycles. The highest BCUT2D eigenvalue weighted by atomic mass is 16.5. The Morgan fingerprint density at radius 2 is 2.27 bits per heavy atom. The Hall–Kier alpha value is -0.650. The standard InChI is InChI=1S/C10H20N2O3/c1-8-9(7-10(13)14-4)12(11(2)3)5-6-15-8/h8-9H,5-7H2,1-4H3. The van der Waals surface area contributed by atoms with Crippen LogP contribution in [0.15, 0.2) is 0 Å². The molecule has 2 atom stereocenters. The van der Waals surface area contributed by atoms with Crippen molar-refractivity contribution in [2.45, 2.75) is 25.5 Å². The van der Waals surface area contributed by atoms with E-state index in [0.29, 0.717) is 13.0 Å². The van der Waals surface area contributed by atoms with Crippen LogP contribution in [0.1, 0.15) is 13.3 Å². The van der Waals surface area contributed by atoms with Gasteiger partial charge in [0.15, 0.2) is 0 Å². The van der Waals surface area contributed by atoms with Gasteiger partial charge in [-0.25, -0.2) is 10.0 Å². The van der Waals surface area contributed by atoms with Crippen LogP contribution in [0.4, 0.5) is 0 Å². The fourth-order valence-corrected chi connectivity index (χ4v) is 1.87. The third-order valence-corrected chi connectivity index (χ3v) is 2.74. The van der Waals surface area contributed by atoms with E-state index in [0.717, 1.165) is 6.54 Å². The fourth-order valence-electron chi connectivity index (χ4n) is 1.87. The van der Waals surface area contributed by atoms with Crippen molar-refractivity contribution < 1.29 is 14.3 Å². The van der Waals surface area contributed by atoms with E-state index in [4.69, 9.17) is 4.74 Å². The predicted molar refractivity (Wildman–Crippen MR) is 56.2 cm³/mol. The monoisotopic (exact) mass is 216 g/mol. The summed E-state index contributed by atoms with van der Waals surface area (Å²) in [5.74, 6) is -0.191. The molecule has 1 saturated heterocycles. The van der Waals surface area contributed by atoms with Gasteiger partial charge in [-0.2, -0.15) is 0 Å². The van der Waals surface area contributed by atoms with Crippen LogP contribution in [-0.2, 0) is 14.3 Å². The zero-order chi connectivity index (χ0) is 11.4. The predicted octanol–water partition coefficient (Wildman–Crippen LogP) is 0.115. The van der Waals surface area contributed by atoms with Gasteiger partial charge in [-0.15, -0.1) is 0 Å². The van der Waals surface area contributed by atoms with E-state index in [1.165, 1.54) is 7.11 Å². The Morgan fingerprint density at radius 1 is 1.60 bits per heavy atom.